The van der Waals surface area contributed by atoms with Gasteiger partial charge in [-0.25, -0.2) is 4.79 Å². The van der Waals surface area contributed by atoms with E-state index in [0.717, 1.165) is 5.56 Å². The van der Waals surface area contributed by atoms with Crippen LogP contribution in [0.15, 0.2) is 42.0 Å². The summed E-state index contributed by atoms with van der Waals surface area (Å²) in [5.74, 6) is -1.72. The zero-order valence-corrected chi connectivity index (χ0v) is 16.8. The van der Waals surface area contributed by atoms with Crippen LogP contribution >= 0.6 is 0 Å². The summed E-state index contributed by atoms with van der Waals surface area (Å²) in [6.45, 7) is 7.56. The maximum atomic E-state index is 12.7. The molecular formula is C21H30N2O4. The lowest BCUT2D eigenvalue weighted by Gasteiger charge is -2.33. The third-order valence-corrected chi connectivity index (χ3v) is 4.96. The van der Waals surface area contributed by atoms with Crippen molar-refractivity contribution in [1.29, 1.82) is 0 Å². The maximum Gasteiger partial charge on any atom is 0.331 e. The molecule has 6 heteroatoms. The van der Waals surface area contributed by atoms with Crippen molar-refractivity contribution in [1.82, 2.24) is 10.2 Å². The van der Waals surface area contributed by atoms with Crippen LogP contribution < -0.4 is 5.32 Å². The molecular weight excluding hydrogens is 344 g/mol. The summed E-state index contributed by atoms with van der Waals surface area (Å²) >= 11 is 0. The summed E-state index contributed by atoms with van der Waals surface area (Å²) in [5, 5.41) is 11.6. The standard InChI is InChI=1S/C21H30N2O4/c1-6-17(21(3,4)16-10-8-7-9-11-16)19(25)22-14-18(24)23(5)13-12-15(2)20(26)27/h7-12,17H,6,13-14H2,1-5H3,(H,22,25)(H,26,27)/b15-12+/t17-/m1/s1. The molecule has 0 spiro atoms. The number of hydrogen-bond donors (Lipinski definition) is 2. The molecule has 148 valence electrons. The van der Waals surface area contributed by atoms with Crippen molar-refractivity contribution in [2.75, 3.05) is 20.1 Å². The molecule has 27 heavy (non-hydrogen) atoms. The van der Waals surface area contributed by atoms with Crippen LogP contribution in [0.5, 0.6) is 0 Å². The van der Waals surface area contributed by atoms with E-state index in [-0.39, 0.29) is 41.8 Å². The van der Waals surface area contributed by atoms with Crippen LogP contribution in [0.2, 0.25) is 0 Å². The van der Waals surface area contributed by atoms with Crippen LogP contribution in [0.25, 0.3) is 0 Å². The predicted molar refractivity (Wildman–Crippen MR) is 105 cm³/mol. The second-order valence-corrected chi connectivity index (χ2v) is 7.23. The molecule has 0 heterocycles. The Balaban J connectivity index is 2.69. The minimum Gasteiger partial charge on any atom is -0.478 e. The van der Waals surface area contributed by atoms with Crippen LogP contribution in [-0.2, 0) is 19.8 Å². The number of likely N-dealkylation sites (N-methyl/N-ethyl adjacent to an activating group) is 1. The van der Waals surface area contributed by atoms with Crippen molar-refractivity contribution in [3.63, 3.8) is 0 Å². The van der Waals surface area contributed by atoms with E-state index < -0.39 is 5.97 Å². The van der Waals surface area contributed by atoms with Crippen LogP contribution in [0, 0.1) is 5.92 Å². The first kappa shape index (κ1) is 22.4. The molecule has 0 aliphatic rings. The number of carbonyl (C=O) groups excluding carboxylic acids is 2. The van der Waals surface area contributed by atoms with Crippen LogP contribution in [-0.4, -0.2) is 47.9 Å². The number of amides is 2. The molecule has 0 aliphatic carbocycles. The lowest BCUT2D eigenvalue weighted by molar-refractivity contribution is -0.133. The summed E-state index contributed by atoms with van der Waals surface area (Å²) in [7, 11) is 1.57. The van der Waals surface area contributed by atoms with Gasteiger partial charge in [-0.15, -0.1) is 0 Å². The van der Waals surface area contributed by atoms with Crippen molar-refractivity contribution in [2.45, 2.75) is 39.5 Å². The van der Waals surface area contributed by atoms with Gasteiger partial charge in [-0.3, -0.25) is 9.59 Å². The molecule has 1 rings (SSSR count). The topological polar surface area (TPSA) is 86.7 Å². The van der Waals surface area contributed by atoms with E-state index in [1.54, 1.807) is 7.05 Å². The third kappa shape index (κ3) is 6.24. The van der Waals surface area contributed by atoms with Crippen LogP contribution in [0.3, 0.4) is 0 Å². The van der Waals surface area contributed by atoms with E-state index >= 15 is 0 Å². The highest BCUT2D eigenvalue weighted by atomic mass is 16.4. The summed E-state index contributed by atoms with van der Waals surface area (Å²) < 4.78 is 0. The molecule has 1 aromatic rings. The molecule has 0 fully saturated rings. The van der Waals surface area contributed by atoms with E-state index in [4.69, 9.17) is 5.11 Å². The maximum absolute atomic E-state index is 12.7. The molecule has 6 nitrogen and oxygen atoms in total. The number of carbonyl (C=O) groups is 3. The van der Waals surface area contributed by atoms with Gasteiger partial charge >= 0.3 is 5.97 Å². The SMILES string of the molecule is CC[C@H](C(=O)NCC(=O)N(C)C/C=C(\C)C(=O)O)C(C)(C)c1ccccc1. The highest BCUT2D eigenvalue weighted by Crippen LogP contribution is 2.33. The predicted octanol–water partition coefficient (Wildman–Crippen LogP) is 2.60. The number of aliphatic carboxylic acids is 1. The summed E-state index contributed by atoms with van der Waals surface area (Å²) in [6.07, 6.45) is 2.12. The lowest BCUT2D eigenvalue weighted by Crippen LogP contribution is -2.45. The molecule has 0 aliphatic heterocycles. The highest BCUT2D eigenvalue weighted by Gasteiger charge is 2.35. The molecule has 2 amide bonds. The first-order valence-electron chi connectivity index (χ1n) is 9.08. The average molecular weight is 374 g/mol. The smallest absolute Gasteiger partial charge is 0.331 e. The summed E-state index contributed by atoms with van der Waals surface area (Å²) in [5.41, 5.74) is 0.884. The van der Waals surface area contributed by atoms with Crippen molar-refractivity contribution in [2.24, 2.45) is 5.92 Å². The fourth-order valence-electron chi connectivity index (χ4n) is 2.98. The van der Waals surface area contributed by atoms with E-state index in [0.29, 0.717) is 6.42 Å². The van der Waals surface area contributed by atoms with Gasteiger partial charge in [0.1, 0.15) is 0 Å². The number of carboxylic acids is 1. The second-order valence-electron chi connectivity index (χ2n) is 7.23. The first-order valence-corrected chi connectivity index (χ1v) is 9.08. The highest BCUT2D eigenvalue weighted by molar-refractivity contribution is 5.87. The summed E-state index contributed by atoms with van der Waals surface area (Å²) in [4.78, 5) is 37.1. The van der Waals surface area contributed by atoms with Gasteiger partial charge in [0.15, 0.2) is 0 Å². The fourth-order valence-corrected chi connectivity index (χ4v) is 2.98. The Morgan fingerprint density at radius 3 is 2.33 bits per heavy atom. The first-order chi connectivity index (χ1) is 12.6. The molecule has 0 saturated heterocycles. The van der Waals surface area contributed by atoms with Gasteiger partial charge in [0.05, 0.1) is 6.54 Å². The Hall–Kier alpha value is -2.63. The normalized spacial score (nSPS) is 13.0. The molecule has 2 N–H and O–H groups in total. The number of carboxylic acid groups (broad SMARTS) is 1. The molecule has 0 unspecified atom stereocenters. The molecule has 0 bridgehead atoms. The third-order valence-electron chi connectivity index (χ3n) is 4.96. The van der Waals surface area contributed by atoms with Crippen LogP contribution in [0.4, 0.5) is 0 Å². The van der Waals surface area contributed by atoms with Crippen molar-refractivity contribution >= 4 is 17.8 Å². The van der Waals surface area contributed by atoms with Gasteiger partial charge in [0.2, 0.25) is 11.8 Å². The van der Waals surface area contributed by atoms with Gasteiger partial charge < -0.3 is 15.3 Å². The zero-order chi connectivity index (χ0) is 20.6. The number of hydrogen-bond acceptors (Lipinski definition) is 3. The van der Waals surface area contributed by atoms with Crippen molar-refractivity contribution in [3.8, 4) is 0 Å². The number of nitrogens with one attached hydrogen (secondary N) is 1. The van der Waals surface area contributed by atoms with E-state index in [9.17, 15) is 14.4 Å². The monoisotopic (exact) mass is 374 g/mol. The van der Waals surface area contributed by atoms with E-state index in [1.807, 2.05) is 51.1 Å². The van der Waals surface area contributed by atoms with Gasteiger partial charge in [-0.05, 0) is 18.9 Å². The Labute approximate surface area is 161 Å². The van der Waals surface area contributed by atoms with E-state index in [2.05, 4.69) is 5.32 Å². The number of nitrogens with zero attached hydrogens (tertiary/aromatic N) is 1. The Bertz CT molecular complexity index is 695. The Morgan fingerprint density at radius 2 is 1.81 bits per heavy atom. The van der Waals surface area contributed by atoms with Crippen LogP contribution in [0.1, 0.15) is 39.7 Å². The van der Waals surface area contributed by atoms with Gasteiger partial charge in [0.25, 0.3) is 0 Å². The van der Waals surface area contributed by atoms with E-state index in [1.165, 1.54) is 17.9 Å². The van der Waals surface area contributed by atoms with Gasteiger partial charge in [-0.2, -0.15) is 0 Å². The lowest BCUT2D eigenvalue weighted by atomic mass is 9.71. The van der Waals surface area contributed by atoms with Gasteiger partial charge in [-0.1, -0.05) is 57.2 Å². The summed E-state index contributed by atoms with van der Waals surface area (Å²) in [6, 6.07) is 9.85. The minimum atomic E-state index is -1.02. The second kappa shape index (κ2) is 9.90. The molecule has 0 aromatic heterocycles. The molecule has 0 saturated carbocycles. The number of rotatable bonds is 9. The average Bonchev–Trinajstić information content (AvgIpc) is 2.64. The Morgan fingerprint density at radius 1 is 1.22 bits per heavy atom. The largest absolute Gasteiger partial charge is 0.478 e. The van der Waals surface area contributed by atoms with Crippen molar-refractivity contribution in [3.05, 3.63) is 47.5 Å². The minimum absolute atomic E-state index is 0.114. The van der Waals surface area contributed by atoms with Crippen molar-refractivity contribution < 1.29 is 19.5 Å². The fraction of sp³-hybridized carbons (Fsp3) is 0.476. The van der Waals surface area contributed by atoms with Gasteiger partial charge in [0, 0.05) is 30.5 Å². The quantitative estimate of drug-likeness (QED) is 0.651. The molecule has 0 radical (unpaired) electrons. The molecule has 1 aromatic carbocycles. The Kier molecular flexibility index (Phi) is 8.22. The zero-order valence-electron chi connectivity index (χ0n) is 16.8. The number of benzene rings is 1. The molecule has 1 atom stereocenters.